The Kier molecular flexibility index (Phi) is 3.06. The Balaban J connectivity index is 2.08. The summed E-state index contributed by atoms with van der Waals surface area (Å²) in [6.45, 7) is 3.11. The third kappa shape index (κ3) is 2.26. The Hall–Kier alpha value is -1.56. The van der Waals surface area contributed by atoms with E-state index in [-0.39, 0.29) is 12.1 Å². The molecule has 6 heteroatoms. The number of nitrogens with zero attached hydrogens (tertiary/aromatic N) is 3. The molecule has 0 aliphatic carbocycles. The van der Waals surface area contributed by atoms with Gasteiger partial charge in [0.05, 0.1) is 18.3 Å². The summed E-state index contributed by atoms with van der Waals surface area (Å²) in [5, 5.41) is 22.1. The summed E-state index contributed by atoms with van der Waals surface area (Å²) in [4.78, 5) is 12.3. The fourth-order valence-electron chi connectivity index (χ4n) is 2.15. The molecule has 0 saturated carbocycles. The van der Waals surface area contributed by atoms with E-state index in [9.17, 15) is 4.79 Å². The lowest BCUT2D eigenvalue weighted by molar-refractivity contribution is 0.0954. The number of carbonyl (C=O) groups is 1. The smallest absolute Gasteiger partial charge is 0.407 e. The van der Waals surface area contributed by atoms with Crippen molar-refractivity contribution in [3.63, 3.8) is 0 Å². The zero-order valence-electron chi connectivity index (χ0n) is 9.83. The Morgan fingerprint density at radius 2 is 2.18 bits per heavy atom. The first kappa shape index (κ1) is 11.9. The van der Waals surface area contributed by atoms with Crippen LogP contribution in [0.25, 0.3) is 0 Å². The zero-order chi connectivity index (χ0) is 12.5. The van der Waals surface area contributed by atoms with Crippen LogP contribution in [0.4, 0.5) is 4.79 Å². The molecule has 0 bridgehead atoms. The van der Waals surface area contributed by atoms with Gasteiger partial charge in [-0.3, -0.25) is 4.68 Å². The molecule has 0 atom stereocenters. The summed E-state index contributed by atoms with van der Waals surface area (Å²) in [5.74, 6) is 0. The van der Waals surface area contributed by atoms with Crippen LogP contribution in [0.3, 0.4) is 0 Å². The molecule has 2 N–H and O–H groups in total. The topological polar surface area (TPSA) is 78.6 Å². The average molecular weight is 239 g/mol. The van der Waals surface area contributed by atoms with Gasteiger partial charge in [-0.25, -0.2) is 4.79 Å². The number of aromatic nitrogens is 2. The van der Waals surface area contributed by atoms with E-state index >= 15 is 0 Å². The Bertz CT molecular complexity index is 408. The first-order chi connectivity index (χ1) is 8.05. The Morgan fingerprint density at radius 1 is 1.53 bits per heavy atom. The summed E-state index contributed by atoms with van der Waals surface area (Å²) in [6, 6.07) is 0. The van der Waals surface area contributed by atoms with Gasteiger partial charge in [0.25, 0.3) is 0 Å². The molecule has 1 aliphatic heterocycles. The highest BCUT2D eigenvalue weighted by atomic mass is 16.4. The maximum Gasteiger partial charge on any atom is 0.407 e. The van der Waals surface area contributed by atoms with Crippen LogP contribution >= 0.6 is 0 Å². The number of rotatable bonds is 2. The minimum atomic E-state index is -0.858. The van der Waals surface area contributed by atoms with Crippen molar-refractivity contribution in [2.75, 3.05) is 13.1 Å². The lowest BCUT2D eigenvalue weighted by Crippen LogP contribution is -2.46. The third-order valence-electron chi connectivity index (χ3n) is 3.48. The van der Waals surface area contributed by atoms with Crippen LogP contribution in [0.1, 0.15) is 25.3 Å². The van der Waals surface area contributed by atoms with Crippen molar-refractivity contribution in [3.05, 3.63) is 18.0 Å². The lowest BCUT2D eigenvalue weighted by atomic mass is 9.90. The van der Waals surface area contributed by atoms with Crippen LogP contribution in [-0.4, -0.2) is 44.1 Å². The molecule has 1 aliphatic rings. The molecule has 0 unspecified atom stereocenters. The van der Waals surface area contributed by atoms with Crippen molar-refractivity contribution >= 4 is 6.09 Å². The average Bonchev–Trinajstić information content (AvgIpc) is 2.78. The van der Waals surface area contributed by atoms with Crippen molar-refractivity contribution in [3.8, 4) is 0 Å². The molecule has 1 amide bonds. The van der Waals surface area contributed by atoms with Gasteiger partial charge in [0.2, 0.25) is 0 Å². The molecule has 17 heavy (non-hydrogen) atoms. The van der Waals surface area contributed by atoms with Crippen molar-refractivity contribution in [2.45, 2.75) is 31.9 Å². The molecule has 94 valence electrons. The molecule has 2 rings (SSSR count). The number of aliphatic hydroxyl groups excluding tert-OH is 1. The summed E-state index contributed by atoms with van der Waals surface area (Å²) >= 11 is 0. The lowest BCUT2D eigenvalue weighted by Gasteiger charge is -2.38. The fraction of sp³-hybridized carbons (Fsp3) is 0.636. The van der Waals surface area contributed by atoms with Crippen LogP contribution < -0.4 is 0 Å². The van der Waals surface area contributed by atoms with E-state index in [2.05, 4.69) is 12.0 Å². The Morgan fingerprint density at radius 3 is 2.65 bits per heavy atom. The van der Waals surface area contributed by atoms with E-state index in [1.54, 1.807) is 6.20 Å². The second-order valence-corrected chi connectivity index (χ2v) is 4.72. The van der Waals surface area contributed by atoms with Crippen LogP contribution in [-0.2, 0) is 12.1 Å². The summed E-state index contributed by atoms with van der Waals surface area (Å²) in [5.41, 5.74) is 0.631. The van der Waals surface area contributed by atoms with Crippen molar-refractivity contribution in [1.29, 1.82) is 0 Å². The Labute approximate surface area is 99.5 Å². The molecule has 2 heterocycles. The first-order valence-corrected chi connectivity index (χ1v) is 5.68. The number of likely N-dealkylation sites (tertiary alicyclic amines) is 1. The SMILES string of the molecule is CC1(n2cc(CO)cn2)CCN(C(=O)O)CC1. The van der Waals surface area contributed by atoms with E-state index in [0.717, 1.165) is 18.4 Å². The molecular formula is C11H17N3O3. The minimum Gasteiger partial charge on any atom is -0.465 e. The summed E-state index contributed by atoms with van der Waals surface area (Å²) in [7, 11) is 0. The highest BCUT2D eigenvalue weighted by Crippen LogP contribution is 2.29. The fourth-order valence-corrected chi connectivity index (χ4v) is 2.15. The molecule has 1 aromatic heterocycles. The molecule has 0 aromatic carbocycles. The van der Waals surface area contributed by atoms with Gasteiger partial charge >= 0.3 is 6.09 Å². The van der Waals surface area contributed by atoms with Gasteiger partial charge in [-0.15, -0.1) is 0 Å². The van der Waals surface area contributed by atoms with Gasteiger partial charge in [-0.2, -0.15) is 5.10 Å². The van der Waals surface area contributed by atoms with Crippen LogP contribution in [0.15, 0.2) is 12.4 Å². The number of carboxylic acid groups (broad SMARTS) is 1. The van der Waals surface area contributed by atoms with E-state index in [4.69, 9.17) is 10.2 Å². The van der Waals surface area contributed by atoms with E-state index in [1.807, 2.05) is 10.9 Å². The van der Waals surface area contributed by atoms with Gasteiger partial charge in [0.15, 0.2) is 0 Å². The molecular weight excluding hydrogens is 222 g/mol. The van der Waals surface area contributed by atoms with Crippen LogP contribution in [0.5, 0.6) is 0 Å². The second kappa shape index (κ2) is 4.37. The van der Waals surface area contributed by atoms with Gasteiger partial charge in [0.1, 0.15) is 0 Å². The first-order valence-electron chi connectivity index (χ1n) is 5.68. The van der Waals surface area contributed by atoms with Gasteiger partial charge < -0.3 is 15.1 Å². The highest BCUT2D eigenvalue weighted by Gasteiger charge is 2.33. The zero-order valence-corrected chi connectivity index (χ0v) is 9.83. The molecule has 0 spiro atoms. The van der Waals surface area contributed by atoms with E-state index in [1.165, 1.54) is 4.90 Å². The number of hydrogen-bond acceptors (Lipinski definition) is 3. The second-order valence-electron chi connectivity index (χ2n) is 4.72. The predicted molar refractivity (Wildman–Crippen MR) is 60.6 cm³/mol. The molecule has 1 fully saturated rings. The molecule has 1 saturated heterocycles. The molecule has 0 radical (unpaired) electrons. The van der Waals surface area contributed by atoms with Crippen molar-refractivity contribution in [2.24, 2.45) is 0 Å². The number of amides is 1. The maximum atomic E-state index is 10.8. The van der Waals surface area contributed by atoms with Gasteiger partial charge in [-0.1, -0.05) is 0 Å². The summed E-state index contributed by atoms with van der Waals surface area (Å²) < 4.78 is 1.84. The monoisotopic (exact) mass is 239 g/mol. The van der Waals surface area contributed by atoms with Crippen molar-refractivity contribution < 1.29 is 15.0 Å². The highest BCUT2D eigenvalue weighted by molar-refractivity contribution is 5.65. The number of piperidine rings is 1. The number of aliphatic hydroxyl groups is 1. The maximum absolute atomic E-state index is 10.8. The van der Waals surface area contributed by atoms with Crippen molar-refractivity contribution in [1.82, 2.24) is 14.7 Å². The standard InChI is InChI=1S/C11H17N3O3/c1-11(14-7-9(8-15)6-12-14)2-4-13(5-3-11)10(16)17/h6-7,15H,2-5,8H2,1H3,(H,16,17). The molecule has 1 aromatic rings. The third-order valence-corrected chi connectivity index (χ3v) is 3.48. The van der Waals surface area contributed by atoms with E-state index in [0.29, 0.717) is 13.1 Å². The largest absolute Gasteiger partial charge is 0.465 e. The quantitative estimate of drug-likeness (QED) is 0.802. The van der Waals surface area contributed by atoms with Gasteiger partial charge in [-0.05, 0) is 19.8 Å². The predicted octanol–water partition coefficient (Wildman–Crippen LogP) is 0.864. The molecule has 6 nitrogen and oxygen atoms in total. The van der Waals surface area contributed by atoms with E-state index < -0.39 is 6.09 Å². The minimum absolute atomic E-state index is 0.0165. The van der Waals surface area contributed by atoms with Gasteiger partial charge in [0, 0.05) is 24.8 Å². The number of hydrogen-bond donors (Lipinski definition) is 2. The van der Waals surface area contributed by atoms with Crippen LogP contribution in [0, 0.1) is 0 Å². The summed E-state index contributed by atoms with van der Waals surface area (Å²) in [6.07, 6.45) is 4.10. The normalized spacial score (nSPS) is 19.3. The van der Waals surface area contributed by atoms with Crippen LogP contribution in [0.2, 0.25) is 0 Å².